The number of nitriles is 1. The molecule has 0 radical (unpaired) electrons. The molecule has 0 spiro atoms. The maximum atomic E-state index is 13.8. The molecule has 3 aromatic carbocycles. The van der Waals surface area contributed by atoms with Gasteiger partial charge in [-0.1, -0.05) is 24.3 Å². The fraction of sp³-hybridized carbons (Fsp3) is 0.256. The van der Waals surface area contributed by atoms with Gasteiger partial charge in [0.1, 0.15) is 17.7 Å². The van der Waals surface area contributed by atoms with Crippen LogP contribution in [0.5, 0.6) is 5.88 Å². The number of nitrogens with zero attached hydrogens (tertiary/aromatic N) is 9. The molecule has 17 nitrogen and oxygen atoms in total. The molecule has 1 aliphatic heterocycles. The van der Waals surface area contributed by atoms with Crippen LogP contribution >= 0.6 is 0 Å². The quantitative estimate of drug-likeness (QED) is 0.115. The van der Waals surface area contributed by atoms with Gasteiger partial charge in [-0.05, 0) is 53.6 Å². The molecular weight excluding hydrogens is 734 g/mol. The fourth-order valence-electron chi connectivity index (χ4n) is 6.31. The number of esters is 1. The number of halogens is 1. The third-order valence-electron chi connectivity index (χ3n) is 9.16. The summed E-state index contributed by atoms with van der Waals surface area (Å²) in [6.07, 6.45) is 3.19. The molecule has 4 N–H and O–H groups in total. The summed E-state index contributed by atoms with van der Waals surface area (Å²) in [5.74, 6) is 0.0471. The van der Waals surface area contributed by atoms with Gasteiger partial charge in [-0.25, -0.2) is 24.1 Å². The smallest absolute Gasteiger partial charge is 0.328 e. The van der Waals surface area contributed by atoms with Crippen molar-refractivity contribution in [2.75, 3.05) is 56.3 Å². The van der Waals surface area contributed by atoms with Gasteiger partial charge >= 0.3 is 5.97 Å². The number of carbonyl (C=O) groups is 2. The highest BCUT2D eigenvalue weighted by Gasteiger charge is 2.26. The number of amides is 1. The Labute approximate surface area is 326 Å². The Balaban J connectivity index is 1.07. The van der Waals surface area contributed by atoms with Gasteiger partial charge in [0.2, 0.25) is 23.7 Å². The first-order valence-corrected chi connectivity index (χ1v) is 18.0. The molecule has 6 aromatic rings. The van der Waals surface area contributed by atoms with E-state index in [1.807, 2.05) is 24.3 Å². The average molecular weight is 772 g/mol. The third kappa shape index (κ3) is 9.52. The molecule has 1 aliphatic rings. The average Bonchev–Trinajstić information content (AvgIpc) is 3.65. The standard InChI is InChI=1S/C39H38FN13O4/c1-56-34-33(42-12-13-43-34)35(54)53-16-14-52(15-17-53)23-26-4-3-5-28(18-26)45-38-49-37(44-22-32-46-29-11-10-27(40)20-30(29)47-32)50-39(51-38)48-31(36(55)57-2)19-24-6-8-25(21-41)9-7-24/h3-13,18,20,31H,14-17,19,22-23H2,1-2H3,(H,46,47)(H3,44,45,48,49,50,51)/t31-/m0/s1. The van der Waals surface area contributed by atoms with E-state index in [2.05, 4.69) is 61.8 Å². The van der Waals surface area contributed by atoms with Gasteiger partial charge < -0.3 is 35.3 Å². The van der Waals surface area contributed by atoms with Crippen molar-refractivity contribution in [2.45, 2.75) is 25.6 Å². The van der Waals surface area contributed by atoms with Crippen molar-refractivity contribution >= 4 is 46.4 Å². The van der Waals surface area contributed by atoms with Crippen LogP contribution in [-0.4, -0.2) is 103 Å². The van der Waals surface area contributed by atoms with Crippen LogP contribution in [0.1, 0.15) is 33.0 Å². The van der Waals surface area contributed by atoms with Gasteiger partial charge in [0.15, 0.2) is 5.69 Å². The number of aromatic amines is 1. The molecule has 57 heavy (non-hydrogen) atoms. The number of piperazine rings is 1. The molecule has 1 amide bonds. The molecule has 18 heteroatoms. The van der Waals surface area contributed by atoms with Gasteiger partial charge in [0.25, 0.3) is 5.91 Å². The molecule has 1 fully saturated rings. The number of hydrogen-bond donors (Lipinski definition) is 4. The molecule has 1 saturated heterocycles. The van der Waals surface area contributed by atoms with Crippen LogP contribution < -0.4 is 20.7 Å². The van der Waals surface area contributed by atoms with Crippen molar-refractivity contribution in [3.63, 3.8) is 0 Å². The maximum absolute atomic E-state index is 13.8. The number of carbonyl (C=O) groups excluding carboxylic acids is 2. The van der Waals surface area contributed by atoms with Gasteiger partial charge in [0.05, 0.1) is 43.4 Å². The number of aromatic nitrogens is 7. The van der Waals surface area contributed by atoms with Gasteiger partial charge in [0, 0.05) is 57.2 Å². The van der Waals surface area contributed by atoms with Crippen molar-refractivity contribution in [1.82, 2.24) is 44.7 Å². The number of methoxy groups -OCH3 is 2. The molecule has 0 saturated carbocycles. The van der Waals surface area contributed by atoms with E-state index >= 15 is 0 Å². The summed E-state index contributed by atoms with van der Waals surface area (Å²) in [6, 6.07) is 20.2. The molecular formula is C39H38FN13O4. The van der Waals surface area contributed by atoms with Crippen LogP contribution in [0.4, 0.5) is 27.9 Å². The van der Waals surface area contributed by atoms with Crippen molar-refractivity contribution in [3.05, 3.63) is 113 Å². The second-order valence-corrected chi connectivity index (χ2v) is 13.0. The number of imidazole rings is 1. The molecule has 290 valence electrons. The first-order valence-electron chi connectivity index (χ1n) is 18.0. The van der Waals surface area contributed by atoms with E-state index in [4.69, 9.17) is 9.47 Å². The summed E-state index contributed by atoms with van der Waals surface area (Å²) in [5.41, 5.74) is 4.37. The Morgan fingerprint density at radius 3 is 2.46 bits per heavy atom. The van der Waals surface area contributed by atoms with E-state index in [0.29, 0.717) is 60.8 Å². The normalized spacial score (nSPS) is 13.4. The SMILES string of the molecule is COC(=O)[C@H](Cc1ccc(C#N)cc1)Nc1nc(NCc2nc3ccc(F)cc3[nH]2)nc(Nc2cccc(CN3CCN(C(=O)c4nccnc4OC)CC3)c2)n1. The largest absolute Gasteiger partial charge is 0.479 e. The zero-order valence-electron chi connectivity index (χ0n) is 31.1. The lowest BCUT2D eigenvalue weighted by Crippen LogP contribution is -2.48. The fourth-order valence-corrected chi connectivity index (χ4v) is 6.31. The number of nitrogens with one attached hydrogen (secondary N) is 4. The van der Waals surface area contributed by atoms with Crippen LogP contribution in [0.25, 0.3) is 11.0 Å². The number of anilines is 4. The van der Waals surface area contributed by atoms with E-state index < -0.39 is 12.0 Å². The third-order valence-corrected chi connectivity index (χ3v) is 9.16. The minimum absolute atomic E-state index is 0.0911. The summed E-state index contributed by atoms with van der Waals surface area (Å²) in [6.45, 7) is 3.18. The minimum atomic E-state index is -0.877. The summed E-state index contributed by atoms with van der Waals surface area (Å²) < 4.78 is 24.1. The molecule has 1 atom stereocenters. The number of hydrogen-bond acceptors (Lipinski definition) is 15. The second kappa shape index (κ2) is 17.5. The van der Waals surface area contributed by atoms with E-state index in [9.17, 15) is 19.2 Å². The summed E-state index contributed by atoms with van der Waals surface area (Å²) in [7, 11) is 2.76. The highest BCUT2D eigenvalue weighted by Crippen LogP contribution is 2.22. The number of rotatable bonds is 14. The van der Waals surface area contributed by atoms with Crippen LogP contribution in [0.3, 0.4) is 0 Å². The predicted molar refractivity (Wildman–Crippen MR) is 207 cm³/mol. The lowest BCUT2D eigenvalue weighted by molar-refractivity contribution is -0.141. The van der Waals surface area contributed by atoms with Crippen LogP contribution in [-0.2, 0) is 29.0 Å². The van der Waals surface area contributed by atoms with Crippen LogP contribution in [0.15, 0.2) is 79.1 Å². The Bertz CT molecular complexity index is 2410. The second-order valence-electron chi connectivity index (χ2n) is 13.0. The zero-order valence-corrected chi connectivity index (χ0v) is 31.1. The van der Waals surface area contributed by atoms with Gasteiger partial charge in [-0.3, -0.25) is 9.69 Å². The highest BCUT2D eigenvalue weighted by atomic mass is 19.1. The number of benzene rings is 3. The maximum Gasteiger partial charge on any atom is 0.328 e. The predicted octanol–water partition coefficient (Wildman–Crippen LogP) is 4.07. The topological polar surface area (TPSA) is 212 Å². The van der Waals surface area contributed by atoms with E-state index in [0.717, 1.165) is 11.1 Å². The number of fused-ring (bicyclic) bond motifs is 1. The van der Waals surface area contributed by atoms with Crippen molar-refractivity contribution in [1.29, 1.82) is 5.26 Å². The van der Waals surface area contributed by atoms with Crippen molar-refractivity contribution in [2.24, 2.45) is 0 Å². The zero-order chi connectivity index (χ0) is 39.7. The van der Waals surface area contributed by atoms with Crippen molar-refractivity contribution in [3.8, 4) is 11.9 Å². The Kier molecular flexibility index (Phi) is 11.7. The first-order chi connectivity index (χ1) is 27.8. The highest BCUT2D eigenvalue weighted by molar-refractivity contribution is 5.94. The molecule has 0 unspecified atom stereocenters. The summed E-state index contributed by atoms with van der Waals surface area (Å²) in [5, 5.41) is 18.7. The Morgan fingerprint density at radius 2 is 1.68 bits per heavy atom. The number of ether oxygens (including phenoxy) is 2. The number of H-pyrrole nitrogens is 1. The monoisotopic (exact) mass is 771 g/mol. The lowest BCUT2D eigenvalue weighted by atomic mass is 10.0. The minimum Gasteiger partial charge on any atom is -0.479 e. The molecule has 7 rings (SSSR count). The van der Waals surface area contributed by atoms with Crippen molar-refractivity contribution < 1.29 is 23.5 Å². The molecule has 0 aliphatic carbocycles. The first kappa shape index (κ1) is 38.0. The van der Waals surface area contributed by atoms with Crippen LogP contribution in [0, 0.1) is 17.1 Å². The summed E-state index contributed by atoms with van der Waals surface area (Å²) in [4.78, 5) is 59.7. The van der Waals surface area contributed by atoms with E-state index in [1.54, 1.807) is 35.2 Å². The van der Waals surface area contributed by atoms with E-state index in [1.165, 1.54) is 38.7 Å². The van der Waals surface area contributed by atoms with Gasteiger partial charge in [-0.15, -0.1) is 0 Å². The molecule has 4 heterocycles. The Morgan fingerprint density at radius 1 is 0.912 bits per heavy atom. The van der Waals surface area contributed by atoms with Crippen LogP contribution in [0.2, 0.25) is 0 Å². The molecule has 0 bridgehead atoms. The van der Waals surface area contributed by atoms with Gasteiger partial charge in [-0.2, -0.15) is 20.2 Å². The Hall–Kier alpha value is -7.26. The van der Waals surface area contributed by atoms with E-state index in [-0.39, 0.29) is 54.1 Å². The lowest BCUT2D eigenvalue weighted by Gasteiger charge is -2.34. The molecule has 3 aromatic heterocycles. The summed E-state index contributed by atoms with van der Waals surface area (Å²) >= 11 is 0.